The fourth-order valence-electron chi connectivity index (χ4n) is 8.42. The maximum Gasteiger partial charge on any atom is 0.228 e. The lowest BCUT2D eigenvalue weighted by Crippen LogP contribution is -2.55. The van der Waals surface area contributed by atoms with E-state index in [1.54, 1.807) is 0 Å². The zero-order valence-corrected chi connectivity index (χ0v) is 15.6. The minimum absolute atomic E-state index is 0.0779. The number of hydrogen-bond acceptors (Lipinski definition) is 2. The van der Waals surface area contributed by atoms with Crippen molar-refractivity contribution in [2.45, 2.75) is 62.8 Å². The minimum atomic E-state index is -0.0779. The van der Waals surface area contributed by atoms with Crippen LogP contribution in [0.25, 0.3) is 0 Å². The first-order valence-electron chi connectivity index (χ1n) is 10.7. The molecule has 26 heavy (non-hydrogen) atoms. The van der Waals surface area contributed by atoms with Gasteiger partial charge in [-0.1, -0.05) is 30.3 Å². The van der Waals surface area contributed by atoms with Gasteiger partial charge in [0.1, 0.15) is 0 Å². The van der Waals surface area contributed by atoms with E-state index in [2.05, 4.69) is 35.2 Å². The van der Waals surface area contributed by atoms with E-state index in [-0.39, 0.29) is 16.9 Å². The number of likely N-dealkylation sites (tertiary alicyclic amines) is 1. The van der Waals surface area contributed by atoms with Crippen LogP contribution in [0.3, 0.4) is 0 Å². The molecule has 1 heterocycles. The molecule has 5 atom stereocenters. The van der Waals surface area contributed by atoms with Gasteiger partial charge in [-0.05, 0) is 74.2 Å². The van der Waals surface area contributed by atoms with E-state index in [4.69, 9.17) is 5.73 Å². The second-order valence-electron chi connectivity index (χ2n) is 10.3. The standard InChI is InChI=1S/C23H30N2O/c24-19-6-8-25(9-7-19)20(26)21-11-16-10-18-13-23(15-21,22(18,12-16)14-21)17-4-2-1-3-5-17/h1-5,16,18-19H,6-15,24H2. The number of benzene rings is 1. The molecule has 6 rings (SSSR count). The Morgan fingerprint density at radius 2 is 1.81 bits per heavy atom. The van der Waals surface area contributed by atoms with Crippen molar-refractivity contribution in [3.05, 3.63) is 35.9 Å². The van der Waals surface area contributed by atoms with Gasteiger partial charge in [-0.25, -0.2) is 0 Å². The zero-order chi connectivity index (χ0) is 17.6. The number of carbonyl (C=O) groups excluding carboxylic acids is 1. The topological polar surface area (TPSA) is 46.3 Å². The summed E-state index contributed by atoms with van der Waals surface area (Å²) in [5.41, 5.74) is 8.25. The number of amides is 1. The van der Waals surface area contributed by atoms with Gasteiger partial charge in [0.05, 0.1) is 5.41 Å². The zero-order valence-electron chi connectivity index (χ0n) is 15.6. The summed E-state index contributed by atoms with van der Waals surface area (Å²) >= 11 is 0. The van der Waals surface area contributed by atoms with Crippen LogP contribution in [0.2, 0.25) is 0 Å². The fraction of sp³-hybridized carbons (Fsp3) is 0.696. The van der Waals surface area contributed by atoms with E-state index in [1.807, 2.05) is 0 Å². The SMILES string of the molecule is NC1CCN(C(=O)C23CC4CC5CC(c6ccccc6)(C2)C5(C4)C3)CC1. The molecule has 3 nitrogen and oxygen atoms in total. The number of rotatable bonds is 2. The summed E-state index contributed by atoms with van der Waals surface area (Å²) in [4.78, 5) is 16.0. The number of fused-ring (bicyclic) bond motifs is 2. The third kappa shape index (κ3) is 1.72. The predicted octanol–water partition coefficient (Wildman–Crippen LogP) is 3.47. The van der Waals surface area contributed by atoms with Crippen molar-refractivity contribution in [1.82, 2.24) is 4.90 Å². The van der Waals surface area contributed by atoms with Crippen LogP contribution in [-0.4, -0.2) is 29.9 Å². The Morgan fingerprint density at radius 3 is 2.58 bits per heavy atom. The smallest absolute Gasteiger partial charge is 0.228 e. The largest absolute Gasteiger partial charge is 0.342 e. The van der Waals surface area contributed by atoms with Crippen molar-refractivity contribution in [2.24, 2.45) is 28.4 Å². The van der Waals surface area contributed by atoms with Gasteiger partial charge in [0.25, 0.3) is 0 Å². The van der Waals surface area contributed by atoms with Crippen LogP contribution in [0.1, 0.15) is 56.9 Å². The molecule has 0 radical (unpaired) electrons. The molecule has 1 aliphatic heterocycles. The van der Waals surface area contributed by atoms with Crippen molar-refractivity contribution >= 4 is 5.91 Å². The minimum Gasteiger partial charge on any atom is -0.342 e. The molecule has 138 valence electrons. The Hall–Kier alpha value is -1.35. The third-order valence-corrected chi connectivity index (χ3v) is 9.18. The molecule has 4 saturated carbocycles. The van der Waals surface area contributed by atoms with E-state index < -0.39 is 0 Å². The first kappa shape index (κ1) is 15.7. The molecule has 1 amide bonds. The summed E-state index contributed by atoms with van der Waals surface area (Å²) in [7, 11) is 0. The molecule has 1 spiro atoms. The molecule has 2 N–H and O–H groups in total. The molecule has 1 aromatic rings. The molecule has 5 aliphatic rings. The van der Waals surface area contributed by atoms with Crippen molar-refractivity contribution in [3.8, 4) is 0 Å². The number of nitrogens with zero attached hydrogens (tertiary/aromatic N) is 1. The molecule has 1 saturated heterocycles. The highest BCUT2D eigenvalue weighted by molar-refractivity contribution is 5.84. The average Bonchev–Trinajstić information content (AvgIpc) is 2.97. The van der Waals surface area contributed by atoms with Crippen LogP contribution in [0.4, 0.5) is 0 Å². The van der Waals surface area contributed by atoms with Gasteiger partial charge in [-0.15, -0.1) is 0 Å². The molecule has 0 aromatic heterocycles. The van der Waals surface area contributed by atoms with Crippen molar-refractivity contribution in [1.29, 1.82) is 0 Å². The number of carbonyl (C=O) groups is 1. The van der Waals surface area contributed by atoms with Crippen molar-refractivity contribution < 1.29 is 4.79 Å². The Bertz CT molecular complexity index is 755. The van der Waals surface area contributed by atoms with Crippen LogP contribution in [0.5, 0.6) is 0 Å². The quantitative estimate of drug-likeness (QED) is 0.888. The monoisotopic (exact) mass is 350 g/mol. The summed E-state index contributed by atoms with van der Waals surface area (Å²) in [6, 6.07) is 11.5. The molecule has 1 aromatic carbocycles. The summed E-state index contributed by atoms with van der Waals surface area (Å²) < 4.78 is 0. The van der Waals surface area contributed by atoms with Gasteiger partial charge in [-0.2, -0.15) is 0 Å². The van der Waals surface area contributed by atoms with Crippen LogP contribution < -0.4 is 5.73 Å². The van der Waals surface area contributed by atoms with E-state index in [0.29, 0.717) is 11.3 Å². The third-order valence-electron chi connectivity index (χ3n) is 9.18. The summed E-state index contributed by atoms with van der Waals surface area (Å²) in [6.45, 7) is 1.75. The number of nitrogens with two attached hydrogens (primary N) is 1. The van der Waals surface area contributed by atoms with Crippen LogP contribution in [0.15, 0.2) is 30.3 Å². The van der Waals surface area contributed by atoms with Crippen molar-refractivity contribution in [3.63, 3.8) is 0 Å². The van der Waals surface area contributed by atoms with Crippen LogP contribution >= 0.6 is 0 Å². The van der Waals surface area contributed by atoms with E-state index >= 15 is 0 Å². The molecular formula is C23H30N2O. The normalized spacial score (nSPS) is 46.3. The Balaban J connectivity index is 1.39. The second-order valence-corrected chi connectivity index (χ2v) is 10.3. The maximum absolute atomic E-state index is 13.8. The second kappa shape index (κ2) is 4.92. The lowest BCUT2D eigenvalue weighted by Gasteiger charge is -2.59. The lowest BCUT2D eigenvalue weighted by molar-refractivity contribution is -0.145. The number of piperidine rings is 1. The van der Waals surface area contributed by atoms with Gasteiger partial charge in [0.2, 0.25) is 5.91 Å². The fourth-order valence-corrected chi connectivity index (χ4v) is 8.42. The highest BCUT2D eigenvalue weighted by Crippen LogP contribution is 2.84. The van der Waals surface area contributed by atoms with Gasteiger partial charge in [0.15, 0.2) is 0 Å². The van der Waals surface area contributed by atoms with Crippen LogP contribution in [0, 0.1) is 22.7 Å². The molecule has 4 aliphatic carbocycles. The predicted molar refractivity (Wildman–Crippen MR) is 101 cm³/mol. The van der Waals surface area contributed by atoms with Gasteiger partial charge < -0.3 is 10.6 Å². The highest BCUT2D eigenvalue weighted by Gasteiger charge is 2.79. The number of hydrogen-bond donors (Lipinski definition) is 1. The summed E-state index contributed by atoms with van der Waals surface area (Å²) in [6.07, 6.45) is 9.47. The Labute approximate surface area is 156 Å². The highest BCUT2D eigenvalue weighted by atomic mass is 16.2. The first-order chi connectivity index (χ1) is 12.6. The van der Waals surface area contributed by atoms with Gasteiger partial charge in [-0.3, -0.25) is 4.79 Å². The summed E-state index contributed by atoms with van der Waals surface area (Å²) in [5, 5.41) is 0. The first-order valence-corrected chi connectivity index (χ1v) is 10.7. The average molecular weight is 351 g/mol. The van der Waals surface area contributed by atoms with Crippen molar-refractivity contribution in [2.75, 3.05) is 13.1 Å². The van der Waals surface area contributed by atoms with E-state index in [1.165, 1.54) is 24.8 Å². The van der Waals surface area contributed by atoms with Gasteiger partial charge >= 0.3 is 0 Å². The molecular weight excluding hydrogens is 320 g/mol. The summed E-state index contributed by atoms with van der Waals surface area (Å²) in [5.74, 6) is 2.15. The van der Waals surface area contributed by atoms with Crippen LogP contribution in [-0.2, 0) is 10.2 Å². The molecule has 3 heteroatoms. The lowest BCUT2D eigenvalue weighted by atomic mass is 9.44. The molecule has 3 bridgehead atoms. The maximum atomic E-state index is 13.8. The molecule has 5 unspecified atom stereocenters. The Kier molecular flexibility index (Phi) is 2.97. The molecule has 5 fully saturated rings. The van der Waals surface area contributed by atoms with E-state index in [0.717, 1.165) is 57.0 Å². The van der Waals surface area contributed by atoms with Gasteiger partial charge in [0, 0.05) is 24.5 Å². The Morgan fingerprint density at radius 1 is 1.04 bits per heavy atom. The van der Waals surface area contributed by atoms with E-state index in [9.17, 15) is 4.79 Å².